The number of nitrogens with one attached hydrogen (secondary N) is 1. The number of nitrogens with zero attached hydrogens (tertiary/aromatic N) is 1. The summed E-state index contributed by atoms with van der Waals surface area (Å²) >= 11 is 0. The zero-order valence-corrected chi connectivity index (χ0v) is 13.1. The van der Waals surface area contributed by atoms with Crippen molar-refractivity contribution in [3.8, 4) is 0 Å². The molecule has 2 N–H and O–H groups in total. The molecule has 0 aromatic rings. The van der Waals surface area contributed by atoms with Gasteiger partial charge in [-0.2, -0.15) is 0 Å². The van der Waals surface area contributed by atoms with E-state index in [4.69, 9.17) is 0 Å². The van der Waals surface area contributed by atoms with Crippen LogP contribution in [0.2, 0.25) is 0 Å². The Bertz CT molecular complexity index is 299. The summed E-state index contributed by atoms with van der Waals surface area (Å²) in [5, 5.41) is 14.1. The number of hydrogen-bond donors (Lipinski definition) is 2. The van der Waals surface area contributed by atoms with Crippen LogP contribution in [0.25, 0.3) is 0 Å². The average molecular weight is 280 g/mol. The standard InChI is InChI=1S/C17H32N2O/c1-2-17(20)14-9-15(12-19(11-14)16-7-8-16)18-10-13-5-3-4-6-13/h13-18,20H,2-12H2,1H3. The predicted octanol–water partition coefficient (Wildman–Crippen LogP) is 2.39. The van der Waals surface area contributed by atoms with E-state index in [2.05, 4.69) is 17.1 Å². The molecule has 3 aliphatic rings. The third kappa shape index (κ3) is 3.75. The minimum absolute atomic E-state index is 0.104. The zero-order chi connectivity index (χ0) is 13.9. The van der Waals surface area contributed by atoms with Crippen molar-refractivity contribution in [2.24, 2.45) is 11.8 Å². The van der Waals surface area contributed by atoms with Gasteiger partial charge in [0.25, 0.3) is 0 Å². The van der Waals surface area contributed by atoms with Crippen LogP contribution in [-0.4, -0.2) is 47.8 Å². The van der Waals surface area contributed by atoms with Gasteiger partial charge in [-0.05, 0) is 56.9 Å². The van der Waals surface area contributed by atoms with Crippen LogP contribution in [0, 0.1) is 11.8 Å². The van der Waals surface area contributed by atoms with Crippen LogP contribution >= 0.6 is 0 Å². The molecule has 0 spiro atoms. The van der Waals surface area contributed by atoms with E-state index >= 15 is 0 Å². The van der Waals surface area contributed by atoms with Crippen molar-refractivity contribution < 1.29 is 5.11 Å². The van der Waals surface area contributed by atoms with Crippen molar-refractivity contribution in [3.05, 3.63) is 0 Å². The molecule has 3 heteroatoms. The first-order valence-corrected chi connectivity index (χ1v) is 8.91. The van der Waals surface area contributed by atoms with Crippen LogP contribution in [0.3, 0.4) is 0 Å². The van der Waals surface area contributed by atoms with E-state index in [0.717, 1.165) is 24.9 Å². The molecule has 0 aromatic carbocycles. The van der Waals surface area contributed by atoms with Crippen LogP contribution in [0.1, 0.15) is 58.3 Å². The summed E-state index contributed by atoms with van der Waals surface area (Å²) in [6.45, 7) is 5.66. The van der Waals surface area contributed by atoms with Crippen LogP contribution in [-0.2, 0) is 0 Å². The average Bonchev–Trinajstić information content (AvgIpc) is 3.21. The fraction of sp³-hybridized carbons (Fsp3) is 1.00. The number of likely N-dealkylation sites (tertiary alicyclic amines) is 1. The maximum absolute atomic E-state index is 10.2. The third-order valence-electron chi connectivity index (χ3n) is 5.71. The Morgan fingerprint density at radius 2 is 1.90 bits per heavy atom. The van der Waals surface area contributed by atoms with Crippen LogP contribution in [0.5, 0.6) is 0 Å². The SMILES string of the molecule is CCC(O)C1CC(NCC2CCCC2)CN(C2CC2)C1. The predicted molar refractivity (Wildman–Crippen MR) is 82.7 cm³/mol. The van der Waals surface area contributed by atoms with E-state index in [-0.39, 0.29) is 6.10 Å². The molecule has 3 nitrogen and oxygen atoms in total. The van der Waals surface area contributed by atoms with Crippen LogP contribution in [0.15, 0.2) is 0 Å². The first kappa shape index (κ1) is 14.8. The van der Waals surface area contributed by atoms with Crippen LogP contribution < -0.4 is 5.32 Å². The lowest BCUT2D eigenvalue weighted by Crippen LogP contribution is -2.52. The highest BCUT2D eigenvalue weighted by Crippen LogP contribution is 2.33. The highest BCUT2D eigenvalue weighted by Gasteiger charge is 2.37. The van der Waals surface area contributed by atoms with Gasteiger partial charge in [-0.25, -0.2) is 0 Å². The van der Waals surface area contributed by atoms with Gasteiger partial charge in [0.05, 0.1) is 6.10 Å². The second-order valence-electron chi connectivity index (χ2n) is 7.41. The Morgan fingerprint density at radius 1 is 1.15 bits per heavy atom. The fourth-order valence-corrected chi connectivity index (χ4v) is 4.22. The summed E-state index contributed by atoms with van der Waals surface area (Å²) in [4.78, 5) is 2.65. The number of rotatable bonds is 6. The van der Waals surface area contributed by atoms with E-state index in [1.807, 2.05) is 0 Å². The van der Waals surface area contributed by atoms with Crippen molar-refractivity contribution in [2.75, 3.05) is 19.6 Å². The molecule has 3 unspecified atom stereocenters. The lowest BCUT2D eigenvalue weighted by atomic mass is 9.88. The highest BCUT2D eigenvalue weighted by atomic mass is 16.3. The van der Waals surface area contributed by atoms with Gasteiger partial charge in [0.2, 0.25) is 0 Å². The summed E-state index contributed by atoms with van der Waals surface area (Å²) in [7, 11) is 0. The van der Waals surface area contributed by atoms with Crippen molar-refractivity contribution >= 4 is 0 Å². The Morgan fingerprint density at radius 3 is 2.55 bits per heavy atom. The minimum Gasteiger partial charge on any atom is -0.393 e. The van der Waals surface area contributed by atoms with Crippen molar-refractivity contribution in [3.63, 3.8) is 0 Å². The molecular weight excluding hydrogens is 248 g/mol. The summed E-state index contributed by atoms with van der Waals surface area (Å²) in [5.74, 6) is 1.40. The maximum Gasteiger partial charge on any atom is 0.0578 e. The smallest absolute Gasteiger partial charge is 0.0578 e. The molecule has 116 valence electrons. The molecule has 1 aliphatic heterocycles. The van der Waals surface area contributed by atoms with E-state index in [1.165, 1.54) is 58.0 Å². The molecule has 3 fully saturated rings. The normalized spacial score (nSPS) is 34.5. The summed E-state index contributed by atoms with van der Waals surface area (Å²) in [6, 6.07) is 1.44. The molecule has 1 saturated heterocycles. The largest absolute Gasteiger partial charge is 0.393 e. The quantitative estimate of drug-likeness (QED) is 0.784. The topological polar surface area (TPSA) is 35.5 Å². The summed E-state index contributed by atoms with van der Waals surface area (Å²) in [6.07, 6.45) is 10.4. The molecule has 20 heavy (non-hydrogen) atoms. The minimum atomic E-state index is -0.104. The van der Waals surface area contributed by atoms with Gasteiger partial charge in [0.1, 0.15) is 0 Å². The Kier molecular flexibility index (Phi) is 5.00. The van der Waals surface area contributed by atoms with Gasteiger partial charge >= 0.3 is 0 Å². The van der Waals surface area contributed by atoms with Crippen molar-refractivity contribution in [1.29, 1.82) is 0 Å². The Hall–Kier alpha value is -0.120. The molecule has 0 aromatic heterocycles. The summed E-state index contributed by atoms with van der Waals surface area (Å²) < 4.78 is 0. The molecular formula is C17H32N2O. The monoisotopic (exact) mass is 280 g/mol. The van der Waals surface area contributed by atoms with Gasteiger partial charge in [-0.3, -0.25) is 4.90 Å². The number of aliphatic hydroxyl groups is 1. The van der Waals surface area contributed by atoms with Gasteiger partial charge in [0, 0.05) is 25.2 Å². The third-order valence-corrected chi connectivity index (χ3v) is 5.71. The maximum atomic E-state index is 10.2. The number of hydrogen-bond acceptors (Lipinski definition) is 3. The van der Waals surface area contributed by atoms with Crippen molar-refractivity contribution in [1.82, 2.24) is 10.2 Å². The first-order chi connectivity index (χ1) is 9.76. The van der Waals surface area contributed by atoms with Gasteiger partial charge in [-0.1, -0.05) is 19.8 Å². The molecule has 1 heterocycles. The van der Waals surface area contributed by atoms with Gasteiger partial charge in [-0.15, -0.1) is 0 Å². The molecule has 0 amide bonds. The highest BCUT2D eigenvalue weighted by molar-refractivity contribution is 4.94. The zero-order valence-electron chi connectivity index (χ0n) is 13.1. The van der Waals surface area contributed by atoms with Gasteiger partial charge in [0.15, 0.2) is 0 Å². The lowest BCUT2D eigenvalue weighted by Gasteiger charge is -2.40. The van der Waals surface area contributed by atoms with E-state index in [1.54, 1.807) is 0 Å². The van der Waals surface area contributed by atoms with E-state index in [0.29, 0.717) is 12.0 Å². The van der Waals surface area contributed by atoms with Crippen LogP contribution in [0.4, 0.5) is 0 Å². The lowest BCUT2D eigenvalue weighted by molar-refractivity contribution is 0.0321. The van der Waals surface area contributed by atoms with E-state index in [9.17, 15) is 5.11 Å². The molecule has 3 atom stereocenters. The van der Waals surface area contributed by atoms with Crippen molar-refractivity contribution in [2.45, 2.75) is 76.5 Å². The summed E-state index contributed by atoms with van der Waals surface area (Å²) in [5.41, 5.74) is 0. The first-order valence-electron chi connectivity index (χ1n) is 8.91. The van der Waals surface area contributed by atoms with Gasteiger partial charge < -0.3 is 10.4 Å². The fourth-order valence-electron chi connectivity index (χ4n) is 4.22. The molecule has 3 rings (SSSR count). The second-order valence-corrected chi connectivity index (χ2v) is 7.41. The second kappa shape index (κ2) is 6.76. The number of piperidine rings is 1. The van der Waals surface area contributed by atoms with E-state index < -0.39 is 0 Å². The Labute approximate surface area is 124 Å². The Balaban J connectivity index is 1.51. The molecule has 0 radical (unpaired) electrons. The molecule has 0 bridgehead atoms. The molecule has 2 aliphatic carbocycles. The molecule has 2 saturated carbocycles. The number of aliphatic hydroxyl groups excluding tert-OH is 1.